The predicted octanol–water partition coefficient (Wildman–Crippen LogP) is 3.10. The van der Waals surface area contributed by atoms with Gasteiger partial charge < -0.3 is 18.9 Å². The largest absolute Gasteiger partial charge is 0.493 e. The van der Waals surface area contributed by atoms with E-state index in [0.717, 1.165) is 24.0 Å². The van der Waals surface area contributed by atoms with Crippen molar-refractivity contribution >= 4 is 5.91 Å². The van der Waals surface area contributed by atoms with Crippen LogP contribution in [0.15, 0.2) is 47.2 Å². The topological polar surface area (TPSA) is 90.6 Å². The third-order valence-electron chi connectivity index (χ3n) is 5.37. The summed E-state index contributed by atoms with van der Waals surface area (Å²) in [6.45, 7) is 1.35. The van der Waals surface area contributed by atoms with E-state index in [0.29, 0.717) is 42.7 Å². The summed E-state index contributed by atoms with van der Waals surface area (Å²) in [4.78, 5) is 23.3. The maximum Gasteiger partial charge on any atom is 0.259 e. The molecule has 1 saturated heterocycles. The molecule has 1 aromatic carbocycles. The van der Waals surface area contributed by atoms with E-state index in [1.54, 1.807) is 26.6 Å². The number of aromatic nitrogens is 3. The third kappa shape index (κ3) is 4.27. The van der Waals surface area contributed by atoms with E-state index in [1.165, 1.54) is 0 Å². The summed E-state index contributed by atoms with van der Waals surface area (Å²) >= 11 is 0. The van der Waals surface area contributed by atoms with Gasteiger partial charge >= 0.3 is 0 Å². The molecule has 0 unspecified atom stereocenters. The Labute approximate surface area is 174 Å². The van der Waals surface area contributed by atoms with E-state index in [1.807, 2.05) is 35.2 Å². The van der Waals surface area contributed by atoms with E-state index in [4.69, 9.17) is 14.0 Å². The van der Waals surface area contributed by atoms with Crippen molar-refractivity contribution in [1.29, 1.82) is 0 Å². The van der Waals surface area contributed by atoms with E-state index >= 15 is 0 Å². The summed E-state index contributed by atoms with van der Waals surface area (Å²) in [6, 6.07) is 9.29. The lowest BCUT2D eigenvalue weighted by atomic mass is 9.95. The standard InChI is InChI=1S/C22H24N4O4/c1-28-18-6-5-15(12-19(18)29-2)13-20(27)26-10-7-16(8-11-26)21-24-22(30-25-21)17-4-3-9-23-14-17/h3-6,9,12,14,16H,7-8,10-11,13H2,1-2H3. The van der Waals surface area contributed by atoms with Crippen molar-refractivity contribution in [3.63, 3.8) is 0 Å². The second kappa shape index (κ2) is 8.94. The van der Waals surface area contributed by atoms with Gasteiger partial charge in [0.15, 0.2) is 17.3 Å². The second-order valence-corrected chi connectivity index (χ2v) is 7.22. The summed E-state index contributed by atoms with van der Waals surface area (Å²) in [6.07, 6.45) is 5.36. The Kier molecular flexibility index (Phi) is 5.92. The number of carbonyl (C=O) groups is 1. The minimum Gasteiger partial charge on any atom is -0.493 e. The first-order chi connectivity index (χ1) is 14.7. The number of rotatable bonds is 6. The van der Waals surface area contributed by atoms with Gasteiger partial charge in [0.2, 0.25) is 5.91 Å². The molecule has 156 valence electrons. The Hall–Kier alpha value is -3.42. The van der Waals surface area contributed by atoms with Crippen molar-refractivity contribution < 1.29 is 18.8 Å². The molecule has 0 bridgehead atoms. The van der Waals surface area contributed by atoms with E-state index < -0.39 is 0 Å². The first kappa shape index (κ1) is 19.9. The molecule has 0 spiro atoms. The van der Waals surface area contributed by atoms with Gasteiger partial charge in [-0.05, 0) is 42.7 Å². The molecular formula is C22H24N4O4. The monoisotopic (exact) mass is 408 g/mol. The zero-order valence-corrected chi connectivity index (χ0v) is 17.1. The van der Waals surface area contributed by atoms with Crippen molar-refractivity contribution in [3.05, 3.63) is 54.1 Å². The molecule has 1 aliphatic rings. The number of pyridine rings is 1. The first-order valence-electron chi connectivity index (χ1n) is 9.90. The summed E-state index contributed by atoms with van der Waals surface area (Å²) in [5.74, 6) is 2.74. The van der Waals surface area contributed by atoms with Crippen LogP contribution in [-0.4, -0.2) is 53.2 Å². The van der Waals surface area contributed by atoms with Crippen LogP contribution in [0.5, 0.6) is 11.5 Å². The third-order valence-corrected chi connectivity index (χ3v) is 5.37. The van der Waals surface area contributed by atoms with Crippen LogP contribution < -0.4 is 9.47 Å². The fourth-order valence-electron chi connectivity index (χ4n) is 3.67. The SMILES string of the molecule is COc1ccc(CC(=O)N2CCC(c3noc(-c4cccnc4)n3)CC2)cc1OC. The van der Waals surface area contributed by atoms with Gasteiger partial charge in [0.05, 0.1) is 26.2 Å². The van der Waals surface area contributed by atoms with Gasteiger partial charge in [0, 0.05) is 31.4 Å². The van der Waals surface area contributed by atoms with Crippen molar-refractivity contribution in [2.45, 2.75) is 25.2 Å². The molecular weight excluding hydrogens is 384 g/mol. The van der Waals surface area contributed by atoms with Crippen LogP contribution in [0.4, 0.5) is 0 Å². The van der Waals surface area contributed by atoms with Crippen LogP contribution in [-0.2, 0) is 11.2 Å². The Morgan fingerprint density at radius 1 is 1.17 bits per heavy atom. The minimum absolute atomic E-state index is 0.102. The minimum atomic E-state index is 0.102. The van der Waals surface area contributed by atoms with Crippen LogP contribution in [0.3, 0.4) is 0 Å². The van der Waals surface area contributed by atoms with Gasteiger partial charge in [0.25, 0.3) is 5.89 Å². The lowest BCUT2D eigenvalue weighted by Gasteiger charge is -2.30. The summed E-state index contributed by atoms with van der Waals surface area (Å²) < 4.78 is 16.0. The van der Waals surface area contributed by atoms with E-state index in [-0.39, 0.29) is 11.8 Å². The molecule has 3 aromatic rings. The first-order valence-corrected chi connectivity index (χ1v) is 9.90. The number of hydrogen-bond donors (Lipinski definition) is 0. The zero-order valence-electron chi connectivity index (χ0n) is 17.1. The molecule has 0 saturated carbocycles. The number of piperidine rings is 1. The Balaban J connectivity index is 1.34. The fourth-order valence-corrected chi connectivity index (χ4v) is 3.67. The Bertz CT molecular complexity index is 997. The van der Waals surface area contributed by atoms with Crippen molar-refractivity contribution in [2.75, 3.05) is 27.3 Å². The average molecular weight is 408 g/mol. The molecule has 3 heterocycles. The number of methoxy groups -OCH3 is 2. The van der Waals surface area contributed by atoms with Gasteiger partial charge in [0.1, 0.15) is 0 Å². The van der Waals surface area contributed by atoms with Crippen LogP contribution in [0, 0.1) is 0 Å². The van der Waals surface area contributed by atoms with E-state index in [9.17, 15) is 4.79 Å². The quantitative estimate of drug-likeness (QED) is 0.619. The van der Waals surface area contributed by atoms with Crippen molar-refractivity contribution in [2.24, 2.45) is 0 Å². The van der Waals surface area contributed by atoms with Gasteiger partial charge in [-0.1, -0.05) is 11.2 Å². The number of carbonyl (C=O) groups excluding carboxylic acids is 1. The molecule has 8 nitrogen and oxygen atoms in total. The van der Waals surface area contributed by atoms with Crippen LogP contribution in [0.25, 0.3) is 11.5 Å². The molecule has 1 fully saturated rings. The van der Waals surface area contributed by atoms with Crippen LogP contribution >= 0.6 is 0 Å². The zero-order chi connectivity index (χ0) is 20.9. The maximum absolute atomic E-state index is 12.8. The number of likely N-dealkylation sites (tertiary alicyclic amines) is 1. The number of benzene rings is 1. The second-order valence-electron chi connectivity index (χ2n) is 7.22. The lowest BCUT2D eigenvalue weighted by Crippen LogP contribution is -2.39. The highest BCUT2D eigenvalue weighted by atomic mass is 16.5. The van der Waals surface area contributed by atoms with Gasteiger partial charge in [-0.2, -0.15) is 4.98 Å². The highest BCUT2D eigenvalue weighted by Gasteiger charge is 2.27. The molecule has 30 heavy (non-hydrogen) atoms. The molecule has 0 aliphatic carbocycles. The average Bonchev–Trinajstić information content (AvgIpc) is 3.30. The van der Waals surface area contributed by atoms with Crippen molar-refractivity contribution in [3.8, 4) is 23.0 Å². The van der Waals surface area contributed by atoms with Gasteiger partial charge in [-0.15, -0.1) is 0 Å². The molecule has 0 atom stereocenters. The normalized spacial score (nSPS) is 14.5. The van der Waals surface area contributed by atoms with Crippen LogP contribution in [0.1, 0.15) is 30.1 Å². The molecule has 4 rings (SSSR count). The summed E-state index contributed by atoms with van der Waals surface area (Å²) in [5.41, 5.74) is 1.71. The fraction of sp³-hybridized carbons (Fsp3) is 0.364. The van der Waals surface area contributed by atoms with Crippen LogP contribution in [0.2, 0.25) is 0 Å². The molecule has 0 radical (unpaired) electrons. The molecule has 1 aliphatic heterocycles. The Morgan fingerprint density at radius 3 is 2.67 bits per heavy atom. The molecule has 8 heteroatoms. The molecule has 0 N–H and O–H groups in total. The number of nitrogens with zero attached hydrogens (tertiary/aromatic N) is 4. The summed E-state index contributed by atoms with van der Waals surface area (Å²) in [5, 5.41) is 4.15. The van der Waals surface area contributed by atoms with E-state index in [2.05, 4.69) is 15.1 Å². The highest BCUT2D eigenvalue weighted by molar-refractivity contribution is 5.79. The molecule has 1 amide bonds. The number of ether oxygens (including phenoxy) is 2. The van der Waals surface area contributed by atoms with Gasteiger partial charge in [-0.25, -0.2) is 0 Å². The number of hydrogen-bond acceptors (Lipinski definition) is 7. The molecule has 2 aromatic heterocycles. The lowest BCUT2D eigenvalue weighted by molar-refractivity contribution is -0.131. The summed E-state index contributed by atoms with van der Waals surface area (Å²) in [7, 11) is 3.18. The number of amides is 1. The highest BCUT2D eigenvalue weighted by Crippen LogP contribution is 2.30. The maximum atomic E-state index is 12.8. The smallest absolute Gasteiger partial charge is 0.259 e. The predicted molar refractivity (Wildman–Crippen MR) is 109 cm³/mol. The van der Waals surface area contributed by atoms with Crippen molar-refractivity contribution in [1.82, 2.24) is 20.0 Å². The Morgan fingerprint density at radius 2 is 1.97 bits per heavy atom. The van der Waals surface area contributed by atoms with Gasteiger partial charge in [-0.3, -0.25) is 9.78 Å².